The van der Waals surface area contributed by atoms with Crippen LogP contribution in [0.1, 0.15) is 22.8 Å². The first-order valence-electron chi connectivity index (χ1n) is 10.2. The number of nitrogens with one attached hydrogen (secondary N) is 2. The molecule has 160 valence electrons. The van der Waals surface area contributed by atoms with E-state index in [0.717, 1.165) is 17.7 Å². The van der Waals surface area contributed by atoms with Crippen LogP contribution >= 0.6 is 0 Å². The summed E-state index contributed by atoms with van der Waals surface area (Å²) in [6.07, 6.45) is 0.733. The van der Waals surface area contributed by atoms with Gasteiger partial charge in [0.2, 0.25) is 0 Å². The summed E-state index contributed by atoms with van der Waals surface area (Å²) in [5, 5.41) is 5.65. The van der Waals surface area contributed by atoms with Crippen LogP contribution in [0, 0.1) is 0 Å². The number of rotatable bonds is 10. The van der Waals surface area contributed by atoms with Crippen molar-refractivity contribution < 1.29 is 19.1 Å². The van der Waals surface area contributed by atoms with Gasteiger partial charge in [-0.1, -0.05) is 42.5 Å². The number of para-hydroxylation sites is 1. The van der Waals surface area contributed by atoms with Crippen molar-refractivity contribution in [3.05, 3.63) is 90.0 Å². The second-order valence-corrected chi connectivity index (χ2v) is 6.78. The van der Waals surface area contributed by atoms with Gasteiger partial charge < -0.3 is 20.1 Å². The van der Waals surface area contributed by atoms with E-state index in [2.05, 4.69) is 10.6 Å². The maximum atomic E-state index is 12.6. The molecule has 0 atom stereocenters. The molecule has 0 spiro atoms. The first kappa shape index (κ1) is 21.9. The fraction of sp³-hybridized carbons (Fsp3) is 0.200. The third kappa shape index (κ3) is 6.89. The third-order valence-electron chi connectivity index (χ3n) is 4.49. The molecule has 0 saturated carbocycles. The lowest BCUT2D eigenvalue weighted by Gasteiger charge is -2.12. The molecule has 0 aliphatic rings. The molecule has 6 nitrogen and oxygen atoms in total. The van der Waals surface area contributed by atoms with E-state index in [1.807, 2.05) is 37.3 Å². The Morgan fingerprint density at radius 1 is 0.806 bits per heavy atom. The number of amides is 2. The monoisotopic (exact) mass is 418 g/mol. The van der Waals surface area contributed by atoms with Crippen molar-refractivity contribution in [2.75, 3.05) is 25.1 Å². The Kier molecular flexibility index (Phi) is 8.05. The predicted octanol–water partition coefficient (Wildman–Crippen LogP) is 4.08. The van der Waals surface area contributed by atoms with Gasteiger partial charge in [-0.05, 0) is 55.3 Å². The molecular formula is C25H26N2O4. The molecule has 0 aliphatic carbocycles. The summed E-state index contributed by atoms with van der Waals surface area (Å²) in [6.45, 7) is 2.84. The fourth-order valence-electron chi connectivity index (χ4n) is 2.98. The van der Waals surface area contributed by atoms with Gasteiger partial charge in [-0.15, -0.1) is 0 Å². The molecule has 0 heterocycles. The van der Waals surface area contributed by atoms with Crippen LogP contribution in [-0.4, -0.2) is 31.6 Å². The van der Waals surface area contributed by atoms with Crippen molar-refractivity contribution in [2.24, 2.45) is 0 Å². The van der Waals surface area contributed by atoms with Crippen LogP contribution in [-0.2, 0) is 11.2 Å². The van der Waals surface area contributed by atoms with Gasteiger partial charge in [0.15, 0.2) is 6.61 Å². The van der Waals surface area contributed by atoms with E-state index in [1.165, 1.54) is 0 Å². The highest BCUT2D eigenvalue weighted by molar-refractivity contribution is 6.04. The molecule has 0 saturated heterocycles. The third-order valence-corrected chi connectivity index (χ3v) is 4.49. The van der Waals surface area contributed by atoms with Crippen molar-refractivity contribution in [2.45, 2.75) is 13.3 Å². The molecule has 0 aromatic heterocycles. The Labute approximate surface area is 182 Å². The maximum absolute atomic E-state index is 12.6. The van der Waals surface area contributed by atoms with Gasteiger partial charge in [-0.3, -0.25) is 9.59 Å². The molecule has 2 N–H and O–H groups in total. The van der Waals surface area contributed by atoms with E-state index in [-0.39, 0.29) is 18.4 Å². The molecule has 0 bridgehead atoms. The van der Waals surface area contributed by atoms with Crippen molar-refractivity contribution in [1.29, 1.82) is 0 Å². The minimum absolute atomic E-state index is 0.169. The van der Waals surface area contributed by atoms with E-state index in [1.54, 1.807) is 48.5 Å². The first-order chi connectivity index (χ1) is 15.2. The van der Waals surface area contributed by atoms with Gasteiger partial charge in [0.05, 0.1) is 17.9 Å². The zero-order valence-electron chi connectivity index (χ0n) is 17.5. The van der Waals surface area contributed by atoms with Crippen molar-refractivity contribution >= 4 is 17.5 Å². The Bertz CT molecular complexity index is 988. The van der Waals surface area contributed by atoms with Crippen molar-refractivity contribution in [3.63, 3.8) is 0 Å². The summed E-state index contributed by atoms with van der Waals surface area (Å²) in [7, 11) is 0. The number of hydrogen-bond acceptors (Lipinski definition) is 4. The van der Waals surface area contributed by atoms with Gasteiger partial charge in [0.25, 0.3) is 11.8 Å². The van der Waals surface area contributed by atoms with E-state index < -0.39 is 0 Å². The second-order valence-electron chi connectivity index (χ2n) is 6.78. The van der Waals surface area contributed by atoms with Crippen LogP contribution < -0.4 is 20.1 Å². The van der Waals surface area contributed by atoms with Crippen molar-refractivity contribution in [1.82, 2.24) is 5.32 Å². The molecule has 0 aliphatic heterocycles. The average Bonchev–Trinajstić information content (AvgIpc) is 2.80. The molecule has 0 unspecified atom stereocenters. The summed E-state index contributed by atoms with van der Waals surface area (Å²) in [4.78, 5) is 24.9. The largest absolute Gasteiger partial charge is 0.494 e. The fourth-order valence-corrected chi connectivity index (χ4v) is 2.98. The van der Waals surface area contributed by atoms with Crippen LogP contribution in [0.4, 0.5) is 5.69 Å². The zero-order chi connectivity index (χ0) is 21.9. The quantitative estimate of drug-likeness (QED) is 0.520. The number of hydrogen-bond donors (Lipinski definition) is 2. The van der Waals surface area contributed by atoms with Crippen LogP contribution in [0.2, 0.25) is 0 Å². The summed E-state index contributed by atoms with van der Waals surface area (Å²) in [6, 6.07) is 23.9. The standard InChI is InChI=1S/C25H26N2O4/c1-2-30-20-12-14-21(15-13-20)31-18-24(28)27-23-11-7-6-10-22(23)25(29)26-17-16-19-8-4-3-5-9-19/h3-15H,2,16-18H2,1H3,(H,26,29)(H,27,28). The van der Waals surface area contributed by atoms with E-state index in [9.17, 15) is 9.59 Å². The van der Waals surface area contributed by atoms with Gasteiger partial charge in [0.1, 0.15) is 11.5 Å². The zero-order valence-corrected chi connectivity index (χ0v) is 17.5. The number of ether oxygens (including phenoxy) is 2. The number of benzene rings is 3. The molecule has 0 radical (unpaired) electrons. The van der Waals surface area contributed by atoms with Crippen LogP contribution in [0.25, 0.3) is 0 Å². The highest BCUT2D eigenvalue weighted by Crippen LogP contribution is 2.18. The first-order valence-corrected chi connectivity index (χ1v) is 10.2. The molecule has 2 amide bonds. The van der Waals surface area contributed by atoms with Crippen LogP contribution in [0.15, 0.2) is 78.9 Å². The van der Waals surface area contributed by atoms with E-state index in [4.69, 9.17) is 9.47 Å². The van der Waals surface area contributed by atoms with Crippen LogP contribution in [0.5, 0.6) is 11.5 Å². The van der Waals surface area contributed by atoms with Gasteiger partial charge in [-0.25, -0.2) is 0 Å². The Hall–Kier alpha value is -3.80. The summed E-state index contributed by atoms with van der Waals surface area (Å²) in [5.74, 6) is 0.717. The SMILES string of the molecule is CCOc1ccc(OCC(=O)Nc2ccccc2C(=O)NCCc2ccccc2)cc1. The van der Waals surface area contributed by atoms with Gasteiger partial charge in [0, 0.05) is 6.54 Å². The molecular weight excluding hydrogens is 392 g/mol. The van der Waals surface area contributed by atoms with Crippen molar-refractivity contribution in [3.8, 4) is 11.5 Å². The van der Waals surface area contributed by atoms with Crippen LogP contribution in [0.3, 0.4) is 0 Å². The highest BCUT2D eigenvalue weighted by atomic mass is 16.5. The Morgan fingerprint density at radius 2 is 1.45 bits per heavy atom. The molecule has 31 heavy (non-hydrogen) atoms. The highest BCUT2D eigenvalue weighted by Gasteiger charge is 2.13. The topological polar surface area (TPSA) is 76.7 Å². The predicted molar refractivity (Wildman–Crippen MR) is 121 cm³/mol. The second kappa shape index (κ2) is 11.4. The lowest BCUT2D eigenvalue weighted by Crippen LogP contribution is -2.28. The number of carbonyl (C=O) groups excluding carboxylic acids is 2. The minimum atomic E-state index is -0.349. The smallest absolute Gasteiger partial charge is 0.262 e. The van der Waals surface area contributed by atoms with E-state index in [0.29, 0.717) is 30.2 Å². The van der Waals surface area contributed by atoms with Gasteiger partial charge >= 0.3 is 0 Å². The maximum Gasteiger partial charge on any atom is 0.262 e. The lowest BCUT2D eigenvalue weighted by molar-refractivity contribution is -0.118. The lowest BCUT2D eigenvalue weighted by atomic mass is 10.1. The molecule has 3 aromatic carbocycles. The Morgan fingerprint density at radius 3 is 2.16 bits per heavy atom. The molecule has 3 aromatic rings. The molecule has 0 fully saturated rings. The average molecular weight is 418 g/mol. The van der Waals surface area contributed by atoms with E-state index >= 15 is 0 Å². The summed E-state index contributed by atoms with van der Waals surface area (Å²) >= 11 is 0. The molecule has 3 rings (SSSR count). The minimum Gasteiger partial charge on any atom is -0.494 e. The summed E-state index contributed by atoms with van der Waals surface area (Å²) in [5.41, 5.74) is 2.00. The normalized spacial score (nSPS) is 10.2. The number of anilines is 1. The molecule has 6 heteroatoms. The summed E-state index contributed by atoms with van der Waals surface area (Å²) < 4.78 is 10.9. The number of carbonyl (C=O) groups is 2. The van der Waals surface area contributed by atoms with Gasteiger partial charge in [-0.2, -0.15) is 0 Å². The Balaban J connectivity index is 1.51.